The molecule has 54 valence electrons. The number of nitrogens with zero attached hydrogens (tertiary/aromatic N) is 1. The summed E-state index contributed by atoms with van der Waals surface area (Å²) in [6.45, 7) is -0.0981. The average molecular weight is 139 g/mol. The van der Waals surface area contributed by atoms with E-state index in [1.807, 2.05) is 0 Å². The molecule has 0 spiro atoms. The highest BCUT2D eigenvalue weighted by Crippen LogP contribution is 2.11. The van der Waals surface area contributed by atoms with Crippen LogP contribution < -0.4 is 11.5 Å². The van der Waals surface area contributed by atoms with Gasteiger partial charge in [-0.25, -0.2) is 4.98 Å². The Balaban J connectivity index is 3.07. The summed E-state index contributed by atoms with van der Waals surface area (Å²) in [6, 6.07) is 1.52. The third-order valence-electron chi connectivity index (χ3n) is 1.21. The Hall–Kier alpha value is -1.29. The van der Waals surface area contributed by atoms with Gasteiger partial charge in [0.05, 0.1) is 6.61 Å². The number of anilines is 2. The first kappa shape index (κ1) is 6.82. The van der Waals surface area contributed by atoms with Crippen LogP contribution in [0.3, 0.4) is 0 Å². The van der Waals surface area contributed by atoms with E-state index in [9.17, 15) is 0 Å². The van der Waals surface area contributed by atoms with Gasteiger partial charge < -0.3 is 16.6 Å². The molecule has 0 aliphatic carbocycles. The Kier molecular flexibility index (Phi) is 1.73. The SMILES string of the molecule is Nc1cc(N)c(CO)cn1. The molecule has 1 aromatic heterocycles. The van der Waals surface area contributed by atoms with Crippen LogP contribution in [0.15, 0.2) is 12.3 Å². The zero-order valence-corrected chi connectivity index (χ0v) is 5.41. The van der Waals surface area contributed by atoms with Gasteiger partial charge in [-0.1, -0.05) is 0 Å². The van der Waals surface area contributed by atoms with Gasteiger partial charge in [0.15, 0.2) is 0 Å². The number of hydrogen-bond acceptors (Lipinski definition) is 4. The van der Waals surface area contributed by atoms with Crippen molar-refractivity contribution in [3.63, 3.8) is 0 Å². The number of aliphatic hydroxyl groups is 1. The Labute approximate surface area is 58.5 Å². The van der Waals surface area contributed by atoms with Crippen LogP contribution in [-0.4, -0.2) is 10.1 Å². The molecule has 0 aliphatic heterocycles. The Morgan fingerprint density at radius 1 is 1.50 bits per heavy atom. The van der Waals surface area contributed by atoms with E-state index in [4.69, 9.17) is 16.6 Å². The summed E-state index contributed by atoms with van der Waals surface area (Å²) >= 11 is 0. The van der Waals surface area contributed by atoms with Crippen LogP contribution in [0.25, 0.3) is 0 Å². The molecule has 0 unspecified atom stereocenters. The molecule has 1 rings (SSSR count). The molecule has 0 saturated carbocycles. The molecule has 0 amide bonds. The molecule has 1 aromatic rings. The first-order valence-electron chi connectivity index (χ1n) is 2.84. The van der Waals surface area contributed by atoms with E-state index in [-0.39, 0.29) is 6.61 Å². The third-order valence-corrected chi connectivity index (χ3v) is 1.21. The van der Waals surface area contributed by atoms with E-state index in [2.05, 4.69) is 4.98 Å². The van der Waals surface area contributed by atoms with Crippen molar-refractivity contribution < 1.29 is 5.11 Å². The highest BCUT2D eigenvalue weighted by molar-refractivity contribution is 5.51. The van der Waals surface area contributed by atoms with Gasteiger partial charge in [0.25, 0.3) is 0 Å². The maximum atomic E-state index is 8.65. The van der Waals surface area contributed by atoms with Crippen LogP contribution >= 0.6 is 0 Å². The molecular weight excluding hydrogens is 130 g/mol. The van der Waals surface area contributed by atoms with Gasteiger partial charge >= 0.3 is 0 Å². The van der Waals surface area contributed by atoms with Crippen LogP contribution in [0.5, 0.6) is 0 Å². The van der Waals surface area contributed by atoms with Gasteiger partial charge in [-0.15, -0.1) is 0 Å². The predicted octanol–water partition coefficient (Wildman–Crippen LogP) is -0.262. The lowest BCUT2D eigenvalue weighted by molar-refractivity contribution is 0.282. The molecule has 1 heterocycles. The molecule has 4 nitrogen and oxygen atoms in total. The zero-order valence-electron chi connectivity index (χ0n) is 5.41. The van der Waals surface area contributed by atoms with Crippen molar-refractivity contribution in [1.82, 2.24) is 4.98 Å². The zero-order chi connectivity index (χ0) is 7.56. The van der Waals surface area contributed by atoms with Crippen molar-refractivity contribution in [2.24, 2.45) is 0 Å². The van der Waals surface area contributed by atoms with Crippen LogP contribution in [-0.2, 0) is 6.61 Å². The summed E-state index contributed by atoms with van der Waals surface area (Å²) in [5.74, 6) is 0.370. The van der Waals surface area contributed by atoms with E-state index >= 15 is 0 Å². The molecule has 4 heteroatoms. The largest absolute Gasteiger partial charge is 0.398 e. The number of pyridine rings is 1. The van der Waals surface area contributed by atoms with E-state index in [1.165, 1.54) is 12.3 Å². The van der Waals surface area contributed by atoms with Crippen LogP contribution in [0, 0.1) is 0 Å². The normalized spacial score (nSPS) is 9.70. The van der Waals surface area contributed by atoms with Crippen molar-refractivity contribution >= 4 is 11.5 Å². The van der Waals surface area contributed by atoms with Crippen LogP contribution in [0.2, 0.25) is 0 Å². The minimum atomic E-state index is -0.0981. The highest BCUT2D eigenvalue weighted by atomic mass is 16.3. The van der Waals surface area contributed by atoms with Gasteiger partial charge in [-0.2, -0.15) is 0 Å². The quantitative estimate of drug-likeness (QED) is 0.500. The van der Waals surface area contributed by atoms with E-state index in [0.717, 1.165) is 0 Å². The number of rotatable bonds is 1. The fourth-order valence-electron chi connectivity index (χ4n) is 0.648. The summed E-state index contributed by atoms with van der Waals surface area (Å²) in [6.07, 6.45) is 1.46. The minimum Gasteiger partial charge on any atom is -0.398 e. The highest BCUT2D eigenvalue weighted by Gasteiger charge is 1.96. The van der Waals surface area contributed by atoms with Crippen LogP contribution in [0.4, 0.5) is 11.5 Å². The lowest BCUT2D eigenvalue weighted by Crippen LogP contribution is -1.98. The van der Waals surface area contributed by atoms with Gasteiger partial charge in [-0.3, -0.25) is 0 Å². The van der Waals surface area contributed by atoms with Crippen molar-refractivity contribution in [1.29, 1.82) is 0 Å². The molecule has 10 heavy (non-hydrogen) atoms. The molecular formula is C6H9N3O. The number of aliphatic hydroxyl groups excluding tert-OH is 1. The summed E-state index contributed by atoms with van der Waals surface area (Å²) in [5.41, 5.74) is 11.8. The van der Waals surface area contributed by atoms with Crippen molar-refractivity contribution in [3.8, 4) is 0 Å². The molecule has 0 radical (unpaired) electrons. The van der Waals surface area contributed by atoms with Crippen molar-refractivity contribution in [2.45, 2.75) is 6.61 Å². The summed E-state index contributed by atoms with van der Waals surface area (Å²) in [4.78, 5) is 3.75. The summed E-state index contributed by atoms with van der Waals surface area (Å²) < 4.78 is 0. The van der Waals surface area contributed by atoms with E-state index in [0.29, 0.717) is 17.1 Å². The van der Waals surface area contributed by atoms with Gasteiger partial charge in [0.1, 0.15) is 5.82 Å². The lowest BCUT2D eigenvalue weighted by Gasteiger charge is -2.00. The second-order valence-corrected chi connectivity index (χ2v) is 1.97. The minimum absolute atomic E-state index is 0.0981. The second-order valence-electron chi connectivity index (χ2n) is 1.97. The molecule has 0 fully saturated rings. The number of nitrogens with two attached hydrogens (primary N) is 2. The summed E-state index contributed by atoms with van der Waals surface area (Å²) in [5, 5.41) is 8.65. The van der Waals surface area contributed by atoms with Gasteiger partial charge in [-0.05, 0) is 0 Å². The molecule has 0 atom stereocenters. The maximum Gasteiger partial charge on any atom is 0.125 e. The fraction of sp³-hybridized carbons (Fsp3) is 0.167. The fourth-order valence-corrected chi connectivity index (χ4v) is 0.648. The Morgan fingerprint density at radius 3 is 2.70 bits per heavy atom. The van der Waals surface area contributed by atoms with Crippen molar-refractivity contribution in [2.75, 3.05) is 11.5 Å². The topological polar surface area (TPSA) is 85.2 Å². The first-order chi connectivity index (χ1) is 4.74. The van der Waals surface area contributed by atoms with Crippen LogP contribution in [0.1, 0.15) is 5.56 Å². The first-order valence-corrected chi connectivity index (χ1v) is 2.84. The summed E-state index contributed by atoms with van der Waals surface area (Å²) in [7, 11) is 0. The standard InChI is InChI=1S/C6H9N3O/c7-5-1-6(8)9-2-4(5)3-10/h1-2,10H,3H2,(H4,7,8,9). The molecule has 0 aliphatic rings. The molecule has 0 bridgehead atoms. The predicted molar refractivity (Wildman–Crippen MR) is 39.0 cm³/mol. The van der Waals surface area contributed by atoms with Gasteiger partial charge in [0.2, 0.25) is 0 Å². The second kappa shape index (κ2) is 2.53. The third kappa shape index (κ3) is 1.16. The Morgan fingerprint density at radius 2 is 2.20 bits per heavy atom. The van der Waals surface area contributed by atoms with Crippen molar-refractivity contribution in [3.05, 3.63) is 17.8 Å². The Bertz CT molecular complexity index is 236. The van der Waals surface area contributed by atoms with Gasteiger partial charge in [0, 0.05) is 23.5 Å². The smallest absolute Gasteiger partial charge is 0.125 e. The maximum absolute atomic E-state index is 8.65. The molecule has 0 aromatic carbocycles. The molecule has 5 N–H and O–H groups in total. The monoisotopic (exact) mass is 139 g/mol. The molecule has 0 saturated heterocycles. The number of hydrogen-bond donors (Lipinski definition) is 3. The number of aromatic nitrogens is 1. The lowest BCUT2D eigenvalue weighted by atomic mass is 10.2. The number of nitrogen functional groups attached to an aromatic ring is 2. The van der Waals surface area contributed by atoms with E-state index < -0.39 is 0 Å². The van der Waals surface area contributed by atoms with E-state index in [1.54, 1.807) is 0 Å². The average Bonchev–Trinajstić information content (AvgIpc) is 1.88.